The van der Waals surface area contributed by atoms with Crippen LogP contribution in [0.25, 0.3) is 32.6 Å². The van der Waals surface area contributed by atoms with Crippen molar-refractivity contribution in [3.63, 3.8) is 0 Å². The van der Waals surface area contributed by atoms with Crippen molar-refractivity contribution in [1.29, 1.82) is 0 Å². The van der Waals surface area contributed by atoms with E-state index in [4.69, 9.17) is 18.9 Å². The van der Waals surface area contributed by atoms with Gasteiger partial charge < -0.3 is 28.8 Å². The van der Waals surface area contributed by atoms with Crippen LogP contribution in [0.1, 0.15) is 49.8 Å². The number of hydrogen-bond acceptors (Lipinski definition) is 11. The third-order valence-corrected chi connectivity index (χ3v) is 8.05. The number of aromatic nitrogens is 3. The van der Waals surface area contributed by atoms with E-state index < -0.39 is 53.5 Å². The Hall–Kier alpha value is -4.87. The lowest BCUT2D eigenvalue weighted by atomic mass is 9.98. The molecule has 3 aromatic heterocycles. The summed E-state index contributed by atoms with van der Waals surface area (Å²) < 4.78 is 63.2. The van der Waals surface area contributed by atoms with Crippen LogP contribution < -0.4 is 16.1 Å². The second kappa shape index (κ2) is 15.8. The molecule has 1 aromatic carbocycles. The molecular weight excluding hydrogens is 683 g/mol. The number of thiazole rings is 1. The van der Waals surface area contributed by atoms with E-state index in [1.807, 2.05) is 0 Å². The normalized spacial score (nSPS) is 11.9. The Morgan fingerprint density at radius 1 is 1.02 bits per heavy atom. The molecular formula is C33H36F3N5O8S. The third-order valence-electron chi connectivity index (χ3n) is 7.17. The average Bonchev–Trinajstić information content (AvgIpc) is 3.56. The summed E-state index contributed by atoms with van der Waals surface area (Å²) in [5, 5.41) is 5.99. The van der Waals surface area contributed by atoms with Crippen LogP contribution in [0.15, 0.2) is 46.8 Å². The number of carbonyl (C=O) groups excluding carboxylic acids is 3. The average molecular weight is 720 g/mol. The van der Waals surface area contributed by atoms with Gasteiger partial charge in [0.2, 0.25) is 12.2 Å². The Bertz CT molecular complexity index is 1930. The monoisotopic (exact) mass is 719 g/mol. The van der Waals surface area contributed by atoms with Crippen molar-refractivity contribution in [3.8, 4) is 21.7 Å². The fourth-order valence-corrected chi connectivity index (χ4v) is 5.63. The first-order valence-corrected chi connectivity index (χ1v) is 16.1. The standard InChI is InChI=1S/C33H36F3N5O8S/c1-7-37-31(45)40-26-11-20(28-39-25(16-50-28)33(34,35)36)22(12-38-26)18-8-9-24-21(10-18)27(42)23(13-41(24)19(14-46-5)15-47-6)29(43)48-17-49-30(44)32(2,3)4/h8-13,16,19H,7,14-15,17H2,1-6H3,(H2,37,38,40,45). The molecule has 2 N–H and O–H groups in total. The van der Waals surface area contributed by atoms with Crippen molar-refractivity contribution >= 4 is 46.0 Å². The number of amides is 2. The molecule has 4 rings (SSSR count). The summed E-state index contributed by atoms with van der Waals surface area (Å²) in [6.07, 6.45) is -2.05. The van der Waals surface area contributed by atoms with E-state index in [2.05, 4.69) is 20.6 Å². The molecule has 2 amide bonds. The van der Waals surface area contributed by atoms with Gasteiger partial charge in [0.15, 0.2) is 5.69 Å². The minimum atomic E-state index is -4.70. The summed E-state index contributed by atoms with van der Waals surface area (Å²) in [7, 11) is 2.96. The molecule has 3 heterocycles. The number of anilines is 1. The minimum absolute atomic E-state index is 0.0198. The number of esters is 2. The number of halogens is 3. The molecule has 268 valence electrons. The molecule has 50 heavy (non-hydrogen) atoms. The number of alkyl halides is 3. The van der Waals surface area contributed by atoms with E-state index in [0.717, 1.165) is 16.7 Å². The van der Waals surface area contributed by atoms with Crippen molar-refractivity contribution in [2.75, 3.05) is 46.1 Å². The Labute approximate surface area is 288 Å². The first-order valence-electron chi connectivity index (χ1n) is 15.2. The molecule has 0 atom stereocenters. The Kier molecular flexibility index (Phi) is 12.0. The van der Waals surface area contributed by atoms with Gasteiger partial charge in [0.05, 0.1) is 30.2 Å². The number of urea groups is 1. The van der Waals surface area contributed by atoms with Crippen molar-refractivity contribution in [3.05, 3.63) is 63.5 Å². The summed E-state index contributed by atoms with van der Waals surface area (Å²) in [6, 6.07) is 5.00. The fourth-order valence-electron chi connectivity index (χ4n) is 4.77. The maximum absolute atomic E-state index is 13.9. The molecule has 4 aromatic rings. The van der Waals surface area contributed by atoms with Crippen LogP contribution in [0.2, 0.25) is 0 Å². The van der Waals surface area contributed by atoms with Crippen LogP contribution in [0.4, 0.5) is 23.8 Å². The van der Waals surface area contributed by atoms with Gasteiger partial charge in [-0.2, -0.15) is 13.2 Å². The second-order valence-corrected chi connectivity index (χ2v) is 12.8. The van der Waals surface area contributed by atoms with Crippen molar-refractivity contribution in [2.24, 2.45) is 5.41 Å². The predicted octanol–water partition coefficient (Wildman–Crippen LogP) is 5.88. The number of fused-ring (bicyclic) bond motifs is 1. The summed E-state index contributed by atoms with van der Waals surface area (Å²) in [4.78, 5) is 59.6. The number of carbonyl (C=O) groups is 3. The van der Waals surface area contributed by atoms with Crippen LogP contribution in [0.3, 0.4) is 0 Å². The summed E-state index contributed by atoms with van der Waals surface area (Å²) in [5.74, 6) is -1.64. The van der Waals surface area contributed by atoms with Gasteiger partial charge in [-0.3, -0.25) is 14.9 Å². The highest BCUT2D eigenvalue weighted by Crippen LogP contribution is 2.39. The van der Waals surface area contributed by atoms with E-state index in [9.17, 15) is 32.3 Å². The highest BCUT2D eigenvalue weighted by Gasteiger charge is 2.34. The number of nitrogens with zero attached hydrogens (tertiary/aromatic N) is 3. The third kappa shape index (κ3) is 8.83. The maximum atomic E-state index is 13.9. The van der Waals surface area contributed by atoms with Crippen LogP contribution >= 0.6 is 11.3 Å². The maximum Gasteiger partial charge on any atom is 0.434 e. The highest BCUT2D eigenvalue weighted by molar-refractivity contribution is 7.13. The lowest BCUT2D eigenvalue weighted by molar-refractivity contribution is -0.161. The largest absolute Gasteiger partial charge is 0.434 e. The number of rotatable bonds is 12. The lowest BCUT2D eigenvalue weighted by Crippen LogP contribution is -2.28. The second-order valence-electron chi connectivity index (χ2n) is 11.9. The molecule has 13 nitrogen and oxygen atoms in total. The molecule has 0 saturated carbocycles. The quantitative estimate of drug-likeness (QED) is 0.134. The number of nitrogens with one attached hydrogen (secondary N) is 2. The van der Waals surface area contributed by atoms with Gasteiger partial charge >= 0.3 is 24.1 Å². The van der Waals surface area contributed by atoms with Gasteiger partial charge in [0, 0.05) is 55.1 Å². The van der Waals surface area contributed by atoms with E-state index in [1.54, 1.807) is 44.4 Å². The molecule has 17 heteroatoms. The van der Waals surface area contributed by atoms with Crippen LogP contribution in [-0.4, -0.2) is 73.3 Å². The van der Waals surface area contributed by atoms with Crippen LogP contribution in [0, 0.1) is 5.41 Å². The topological polar surface area (TPSA) is 160 Å². The van der Waals surface area contributed by atoms with E-state index >= 15 is 0 Å². The van der Waals surface area contributed by atoms with Crippen molar-refractivity contribution in [2.45, 2.75) is 39.9 Å². The summed E-state index contributed by atoms with van der Waals surface area (Å²) in [5.41, 5.74) is -1.86. The van der Waals surface area contributed by atoms with E-state index in [-0.39, 0.29) is 46.1 Å². The minimum Gasteiger partial charge on any atom is -0.427 e. The SMILES string of the molecule is CCNC(=O)Nc1cc(-c2nc(C(F)(F)F)cs2)c(-c2ccc3c(c2)c(=O)c(C(=O)OCOC(=O)C(C)(C)C)cn3C(COC)COC)cn1. The predicted molar refractivity (Wildman–Crippen MR) is 179 cm³/mol. The van der Waals surface area contributed by atoms with Crippen LogP contribution in [-0.2, 0) is 29.9 Å². The van der Waals surface area contributed by atoms with Gasteiger partial charge in [0.1, 0.15) is 16.4 Å². The van der Waals surface area contributed by atoms with E-state index in [1.165, 1.54) is 38.7 Å². The number of benzene rings is 1. The zero-order chi connectivity index (χ0) is 36.8. The van der Waals surface area contributed by atoms with E-state index in [0.29, 0.717) is 17.6 Å². The molecule has 0 spiro atoms. The Morgan fingerprint density at radius 3 is 2.32 bits per heavy atom. The molecule has 0 aliphatic rings. The first kappa shape index (κ1) is 37.9. The van der Waals surface area contributed by atoms with Crippen LogP contribution in [0.5, 0.6) is 0 Å². The number of hydrogen-bond donors (Lipinski definition) is 2. The number of methoxy groups -OCH3 is 2. The van der Waals surface area contributed by atoms with Crippen molar-refractivity contribution < 1.29 is 46.5 Å². The molecule has 0 aliphatic carbocycles. The van der Waals surface area contributed by atoms with Gasteiger partial charge in [-0.05, 0) is 51.5 Å². The Morgan fingerprint density at radius 2 is 1.72 bits per heavy atom. The molecule has 0 aliphatic heterocycles. The van der Waals surface area contributed by atoms with Crippen molar-refractivity contribution in [1.82, 2.24) is 19.9 Å². The zero-order valence-corrected chi connectivity index (χ0v) is 28.9. The summed E-state index contributed by atoms with van der Waals surface area (Å²) in [6.45, 7) is 6.44. The molecule has 0 fully saturated rings. The first-order chi connectivity index (χ1) is 23.6. The number of pyridine rings is 2. The van der Waals surface area contributed by atoms with Gasteiger partial charge in [-0.15, -0.1) is 11.3 Å². The Balaban J connectivity index is 1.89. The molecule has 0 unspecified atom stereocenters. The number of ether oxygens (including phenoxy) is 4. The highest BCUT2D eigenvalue weighted by atomic mass is 32.1. The fraction of sp³-hybridized carbons (Fsp3) is 0.394. The zero-order valence-electron chi connectivity index (χ0n) is 28.1. The van der Waals surface area contributed by atoms with Gasteiger partial charge in [-0.25, -0.2) is 19.6 Å². The van der Waals surface area contributed by atoms with Gasteiger partial charge in [0.25, 0.3) is 0 Å². The molecule has 0 saturated heterocycles. The molecule has 0 radical (unpaired) electrons. The van der Waals surface area contributed by atoms with Gasteiger partial charge in [-0.1, -0.05) is 6.07 Å². The summed E-state index contributed by atoms with van der Waals surface area (Å²) >= 11 is 0.740. The smallest absolute Gasteiger partial charge is 0.427 e. The lowest BCUT2D eigenvalue weighted by Gasteiger charge is -2.23. The molecule has 0 bridgehead atoms.